The summed E-state index contributed by atoms with van der Waals surface area (Å²) in [6.07, 6.45) is 8.39. The summed E-state index contributed by atoms with van der Waals surface area (Å²) in [5, 5.41) is 3.67. The van der Waals surface area contributed by atoms with Gasteiger partial charge in [-0.25, -0.2) is 9.97 Å². The summed E-state index contributed by atoms with van der Waals surface area (Å²) in [7, 11) is 0. The average Bonchev–Trinajstić information content (AvgIpc) is 3.23. The number of nitrogens with one attached hydrogen (secondary N) is 1. The van der Waals surface area contributed by atoms with Crippen molar-refractivity contribution in [2.75, 3.05) is 0 Å². The lowest BCUT2D eigenvalue weighted by Gasteiger charge is -2.28. The maximum Gasteiger partial charge on any atom is 0.161 e. The Morgan fingerprint density at radius 1 is 1.25 bits per heavy atom. The fraction of sp³-hybridized carbons (Fsp3) is 0.474. The molecule has 24 heavy (non-hydrogen) atoms. The lowest BCUT2D eigenvalue weighted by atomic mass is 9.84. The fourth-order valence-corrected chi connectivity index (χ4v) is 3.80. The van der Waals surface area contributed by atoms with Crippen molar-refractivity contribution < 1.29 is 4.42 Å². The Kier molecular flexibility index (Phi) is 4.10. The molecule has 1 aliphatic rings. The van der Waals surface area contributed by atoms with Gasteiger partial charge in [0.25, 0.3) is 0 Å². The highest BCUT2D eigenvalue weighted by Gasteiger charge is 2.24. The van der Waals surface area contributed by atoms with Gasteiger partial charge in [-0.2, -0.15) is 0 Å². The quantitative estimate of drug-likeness (QED) is 0.794. The van der Waals surface area contributed by atoms with Crippen molar-refractivity contribution in [2.45, 2.75) is 58.0 Å². The highest BCUT2D eigenvalue weighted by Crippen LogP contribution is 2.33. The molecule has 1 fully saturated rings. The van der Waals surface area contributed by atoms with Gasteiger partial charge in [0.1, 0.15) is 12.1 Å². The first-order chi connectivity index (χ1) is 11.7. The van der Waals surface area contributed by atoms with Gasteiger partial charge in [-0.05, 0) is 57.7 Å². The second-order valence-corrected chi connectivity index (χ2v) is 6.87. The van der Waals surface area contributed by atoms with Gasteiger partial charge in [0.2, 0.25) is 0 Å². The summed E-state index contributed by atoms with van der Waals surface area (Å²) in [4.78, 5) is 9.21. The third-order valence-electron chi connectivity index (χ3n) is 5.13. The van der Waals surface area contributed by atoms with Gasteiger partial charge >= 0.3 is 0 Å². The Hall–Kier alpha value is -2.14. The maximum atomic E-state index is 5.56. The highest BCUT2D eigenvalue weighted by molar-refractivity contribution is 5.46. The molecule has 4 rings (SSSR count). The normalized spacial score (nSPS) is 21.4. The number of imidazole rings is 1. The Labute approximate surface area is 142 Å². The molecule has 126 valence electrons. The summed E-state index contributed by atoms with van der Waals surface area (Å²) in [5.41, 5.74) is 4.23. The Morgan fingerprint density at radius 3 is 2.83 bits per heavy atom. The number of aryl methyl sites for hydroxylation is 2. The van der Waals surface area contributed by atoms with E-state index in [-0.39, 0.29) is 0 Å². The molecule has 0 atom stereocenters. The second kappa shape index (κ2) is 6.40. The van der Waals surface area contributed by atoms with Crippen molar-refractivity contribution in [2.24, 2.45) is 0 Å². The molecule has 3 heterocycles. The van der Waals surface area contributed by atoms with Crippen LogP contribution in [0.4, 0.5) is 0 Å². The van der Waals surface area contributed by atoms with Crippen molar-refractivity contribution in [3.05, 3.63) is 53.6 Å². The summed E-state index contributed by atoms with van der Waals surface area (Å²) < 4.78 is 7.62. The molecule has 0 saturated heterocycles. The number of rotatable bonds is 4. The molecule has 3 aromatic rings. The SMILES string of the molecule is Cc1cc(C)n2cnc(CNC3CCC(c4ccco4)CC3)c2n1. The molecule has 1 saturated carbocycles. The van der Waals surface area contributed by atoms with Crippen LogP contribution >= 0.6 is 0 Å². The monoisotopic (exact) mass is 324 g/mol. The van der Waals surface area contributed by atoms with Crippen molar-refractivity contribution in [3.63, 3.8) is 0 Å². The molecule has 0 bridgehead atoms. The first-order valence-corrected chi connectivity index (χ1v) is 8.77. The first kappa shape index (κ1) is 15.4. The molecular weight excluding hydrogens is 300 g/mol. The van der Waals surface area contributed by atoms with Gasteiger partial charge in [-0.1, -0.05) is 0 Å². The molecule has 0 aromatic carbocycles. The lowest BCUT2D eigenvalue weighted by Crippen LogP contribution is -2.32. The average molecular weight is 324 g/mol. The van der Waals surface area contributed by atoms with Gasteiger partial charge in [0.15, 0.2) is 5.65 Å². The van der Waals surface area contributed by atoms with Crippen LogP contribution in [0.3, 0.4) is 0 Å². The molecule has 1 aliphatic carbocycles. The van der Waals surface area contributed by atoms with E-state index in [1.807, 2.05) is 19.3 Å². The van der Waals surface area contributed by atoms with E-state index in [0.717, 1.165) is 29.3 Å². The molecule has 3 aromatic heterocycles. The predicted molar refractivity (Wildman–Crippen MR) is 93.0 cm³/mol. The second-order valence-electron chi connectivity index (χ2n) is 6.87. The van der Waals surface area contributed by atoms with Gasteiger partial charge in [-0.3, -0.25) is 4.40 Å². The van der Waals surface area contributed by atoms with E-state index in [0.29, 0.717) is 12.0 Å². The van der Waals surface area contributed by atoms with Crippen LogP contribution in [0.5, 0.6) is 0 Å². The molecule has 1 N–H and O–H groups in total. The van der Waals surface area contributed by atoms with E-state index < -0.39 is 0 Å². The maximum absolute atomic E-state index is 5.56. The third-order valence-corrected chi connectivity index (χ3v) is 5.13. The summed E-state index contributed by atoms with van der Waals surface area (Å²) >= 11 is 0. The van der Waals surface area contributed by atoms with E-state index in [4.69, 9.17) is 4.42 Å². The number of aromatic nitrogens is 3. The van der Waals surface area contributed by atoms with Gasteiger partial charge in [-0.15, -0.1) is 0 Å². The van der Waals surface area contributed by atoms with E-state index in [1.54, 1.807) is 6.26 Å². The molecule has 5 heteroatoms. The molecule has 0 unspecified atom stereocenters. The Morgan fingerprint density at radius 2 is 2.08 bits per heavy atom. The van der Waals surface area contributed by atoms with E-state index >= 15 is 0 Å². The third kappa shape index (κ3) is 2.96. The van der Waals surface area contributed by atoms with E-state index in [2.05, 4.69) is 38.7 Å². The Balaban J connectivity index is 1.38. The molecular formula is C19H24N4O. The zero-order valence-corrected chi connectivity index (χ0v) is 14.3. The number of nitrogens with zero attached hydrogens (tertiary/aromatic N) is 3. The van der Waals surface area contributed by atoms with Crippen molar-refractivity contribution >= 4 is 5.65 Å². The Bertz CT molecular complexity index is 813. The number of furan rings is 1. The zero-order chi connectivity index (χ0) is 16.5. The minimum Gasteiger partial charge on any atom is -0.469 e. The highest BCUT2D eigenvalue weighted by atomic mass is 16.3. The smallest absolute Gasteiger partial charge is 0.161 e. The van der Waals surface area contributed by atoms with Gasteiger partial charge < -0.3 is 9.73 Å². The zero-order valence-electron chi connectivity index (χ0n) is 14.3. The van der Waals surface area contributed by atoms with Crippen molar-refractivity contribution in [3.8, 4) is 0 Å². The van der Waals surface area contributed by atoms with E-state index in [1.165, 1.54) is 31.4 Å². The molecule has 0 radical (unpaired) electrons. The minimum absolute atomic E-state index is 0.555. The lowest BCUT2D eigenvalue weighted by molar-refractivity contribution is 0.312. The standard InChI is InChI=1S/C19H24N4O/c1-13-10-14(2)23-12-21-17(19(23)22-13)11-20-16-7-5-15(6-8-16)18-4-3-9-24-18/h3-4,9-10,12,15-16,20H,5-8,11H2,1-2H3. The van der Waals surface area contributed by atoms with Crippen LogP contribution in [0.25, 0.3) is 5.65 Å². The topological polar surface area (TPSA) is 55.4 Å². The fourth-order valence-electron chi connectivity index (χ4n) is 3.80. The van der Waals surface area contributed by atoms with Crippen LogP contribution in [0, 0.1) is 13.8 Å². The van der Waals surface area contributed by atoms with Crippen molar-refractivity contribution in [1.29, 1.82) is 0 Å². The first-order valence-electron chi connectivity index (χ1n) is 8.77. The molecule has 5 nitrogen and oxygen atoms in total. The van der Waals surface area contributed by atoms with Crippen molar-refractivity contribution in [1.82, 2.24) is 19.7 Å². The molecule has 0 spiro atoms. The van der Waals surface area contributed by atoms with Crippen LogP contribution in [0.2, 0.25) is 0 Å². The van der Waals surface area contributed by atoms with Crippen LogP contribution < -0.4 is 5.32 Å². The van der Waals surface area contributed by atoms with Gasteiger partial charge in [0.05, 0.1) is 12.0 Å². The summed E-state index contributed by atoms with van der Waals surface area (Å²) in [6.45, 7) is 4.91. The van der Waals surface area contributed by atoms with Gasteiger partial charge in [0, 0.05) is 29.9 Å². The number of hydrogen-bond donors (Lipinski definition) is 1. The number of hydrogen-bond acceptors (Lipinski definition) is 4. The van der Waals surface area contributed by atoms with Crippen LogP contribution in [0.15, 0.2) is 35.2 Å². The predicted octanol–water partition coefficient (Wildman–Crippen LogP) is 3.76. The van der Waals surface area contributed by atoms with Crippen LogP contribution in [-0.2, 0) is 6.54 Å². The molecule has 0 amide bonds. The molecule has 0 aliphatic heterocycles. The van der Waals surface area contributed by atoms with E-state index in [9.17, 15) is 0 Å². The van der Waals surface area contributed by atoms with Crippen LogP contribution in [0.1, 0.15) is 54.4 Å². The summed E-state index contributed by atoms with van der Waals surface area (Å²) in [5.74, 6) is 1.72. The largest absolute Gasteiger partial charge is 0.469 e. The minimum atomic E-state index is 0.555. The van der Waals surface area contributed by atoms with Crippen LogP contribution in [-0.4, -0.2) is 20.4 Å². The summed E-state index contributed by atoms with van der Waals surface area (Å²) in [6, 6.07) is 6.73. The number of fused-ring (bicyclic) bond motifs is 1.